The third-order valence-electron chi connectivity index (χ3n) is 7.80. The summed E-state index contributed by atoms with van der Waals surface area (Å²) in [6.45, 7) is 0.286. The van der Waals surface area contributed by atoms with Crippen molar-refractivity contribution in [3.63, 3.8) is 0 Å². The molecular formula is C24H24ClFN6O9S. The van der Waals surface area contributed by atoms with Crippen molar-refractivity contribution < 1.29 is 47.2 Å². The van der Waals surface area contributed by atoms with E-state index >= 15 is 4.39 Å². The average molecular weight is 627 g/mol. The molecule has 15 nitrogen and oxygen atoms in total. The smallest absolute Gasteiger partial charge is 0.348 e. The number of nitrogens with zero attached hydrogens (tertiary/aromatic N) is 5. The number of rotatable bonds is 8. The zero-order valence-electron chi connectivity index (χ0n) is 21.5. The number of nitrogen functional groups attached to an aromatic ring is 1. The second-order valence-corrected chi connectivity index (χ2v) is 12.7. The number of halogens is 2. The van der Waals surface area contributed by atoms with Crippen LogP contribution in [0, 0.1) is 0 Å². The monoisotopic (exact) mass is 626 g/mol. The number of alkyl halides is 1. The Bertz CT molecular complexity index is 1690. The third kappa shape index (κ3) is 4.26. The summed E-state index contributed by atoms with van der Waals surface area (Å²) in [5, 5.41) is 30.8. The van der Waals surface area contributed by atoms with Crippen LogP contribution in [0.15, 0.2) is 30.6 Å². The van der Waals surface area contributed by atoms with Crippen molar-refractivity contribution in [3.05, 3.63) is 41.4 Å². The molecule has 0 amide bonds. The Hall–Kier alpha value is -3.64. The lowest BCUT2D eigenvalue weighted by molar-refractivity contribution is -0.194. The molecule has 2 aromatic heterocycles. The number of anilines is 2. The van der Waals surface area contributed by atoms with Crippen molar-refractivity contribution in [2.75, 3.05) is 22.3 Å². The summed E-state index contributed by atoms with van der Waals surface area (Å²) < 4.78 is 54.0. The van der Waals surface area contributed by atoms with Gasteiger partial charge in [-0.1, -0.05) is 12.1 Å². The predicted octanol–water partition coefficient (Wildman–Crippen LogP) is 0.508. The number of imidazole rings is 1. The first-order chi connectivity index (χ1) is 19.8. The quantitative estimate of drug-likeness (QED) is 0.198. The lowest BCUT2D eigenvalue weighted by Gasteiger charge is -2.30. The summed E-state index contributed by atoms with van der Waals surface area (Å²) >= 11 is 5.86. The summed E-state index contributed by atoms with van der Waals surface area (Å²) in [5.41, 5.74) is 1.13. The number of sulfonamides is 1. The molecule has 18 heteroatoms. The molecule has 3 aliphatic rings. The highest BCUT2D eigenvalue weighted by Crippen LogP contribution is 2.58. The van der Waals surface area contributed by atoms with Crippen LogP contribution in [0.3, 0.4) is 0 Å². The molecule has 6 rings (SSSR count). The molecule has 1 saturated carbocycles. The second-order valence-electron chi connectivity index (χ2n) is 10.4. The minimum atomic E-state index is -3.50. The van der Waals surface area contributed by atoms with Crippen molar-refractivity contribution in [1.82, 2.24) is 19.5 Å². The van der Waals surface area contributed by atoms with Crippen LogP contribution in [-0.2, 0) is 35.5 Å². The largest absolute Gasteiger partial charge is 0.479 e. The van der Waals surface area contributed by atoms with Crippen LogP contribution in [0.2, 0.25) is 5.28 Å². The van der Waals surface area contributed by atoms with Crippen LogP contribution in [0.1, 0.15) is 24.6 Å². The number of nitrogens with two attached hydrogens (primary N) is 1. The first-order valence-electron chi connectivity index (χ1n) is 12.7. The van der Waals surface area contributed by atoms with Crippen molar-refractivity contribution in [2.24, 2.45) is 0 Å². The van der Waals surface area contributed by atoms with E-state index in [1.165, 1.54) is 28.6 Å². The minimum absolute atomic E-state index is 0.000280. The third-order valence-corrected chi connectivity index (χ3v) is 9.84. The number of fused-ring (bicyclic) bond motifs is 2. The number of carbonyl (C=O) groups is 2. The van der Waals surface area contributed by atoms with Gasteiger partial charge in [-0.3, -0.25) is 8.87 Å². The molecule has 2 saturated heterocycles. The number of carboxylic acids is 2. The highest BCUT2D eigenvalue weighted by atomic mass is 35.5. The molecule has 0 spiro atoms. The van der Waals surface area contributed by atoms with Crippen LogP contribution in [0.5, 0.6) is 0 Å². The van der Waals surface area contributed by atoms with Gasteiger partial charge in [-0.15, -0.1) is 0 Å². The van der Waals surface area contributed by atoms with Crippen LogP contribution in [0.4, 0.5) is 15.9 Å². The normalized spacial score (nSPS) is 28.5. The van der Waals surface area contributed by atoms with Gasteiger partial charge in [0.1, 0.15) is 17.7 Å². The van der Waals surface area contributed by atoms with E-state index in [1.807, 2.05) is 0 Å². The SMILES string of the molecule is Nc1nc(Cl)nc2c1ncn2[C@@H]1O[C@@H]2C(OC(Cc3ccc(N4CCCCS4(=O)=O)cc3)(C(=O)O)C(=O)O)[C@]2(O)[C@@H]1F. The highest BCUT2D eigenvalue weighted by Gasteiger charge is 2.80. The maximum atomic E-state index is 15.7. The van der Waals surface area contributed by atoms with E-state index < -0.39 is 64.2 Å². The fourth-order valence-corrected chi connectivity index (χ4v) is 7.29. The topological polar surface area (TPSA) is 220 Å². The Balaban J connectivity index is 1.23. The Labute approximate surface area is 241 Å². The van der Waals surface area contributed by atoms with Gasteiger partial charge in [0, 0.05) is 13.0 Å². The van der Waals surface area contributed by atoms with E-state index in [0.29, 0.717) is 18.5 Å². The molecule has 2 aliphatic heterocycles. The number of aliphatic hydroxyl groups is 1. The first kappa shape index (κ1) is 28.5. The van der Waals surface area contributed by atoms with Gasteiger partial charge in [0.05, 0.1) is 17.8 Å². The molecule has 3 fully saturated rings. The molecule has 1 aromatic carbocycles. The van der Waals surface area contributed by atoms with Crippen molar-refractivity contribution >= 4 is 56.2 Å². The first-order valence-corrected chi connectivity index (χ1v) is 14.7. The minimum Gasteiger partial charge on any atom is -0.479 e. The van der Waals surface area contributed by atoms with Gasteiger partial charge >= 0.3 is 11.9 Å². The Morgan fingerprint density at radius 2 is 1.90 bits per heavy atom. The number of hydrogen-bond acceptors (Lipinski definition) is 11. The number of aromatic nitrogens is 4. The Morgan fingerprint density at radius 1 is 1.21 bits per heavy atom. The average Bonchev–Trinajstić information content (AvgIpc) is 3.17. The van der Waals surface area contributed by atoms with E-state index in [2.05, 4.69) is 15.0 Å². The molecule has 42 heavy (non-hydrogen) atoms. The maximum Gasteiger partial charge on any atom is 0.348 e. The molecule has 5 N–H and O–H groups in total. The van der Waals surface area contributed by atoms with Gasteiger partial charge in [0.2, 0.25) is 15.3 Å². The summed E-state index contributed by atoms with van der Waals surface area (Å²) in [5.74, 6) is -3.85. The fourth-order valence-electron chi connectivity index (χ4n) is 5.48. The van der Waals surface area contributed by atoms with Crippen LogP contribution >= 0.6 is 11.6 Å². The van der Waals surface area contributed by atoms with Crippen LogP contribution < -0.4 is 10.0 Å². The summed E-state index contributed by atoms with van der Waals surface area (Å²) in [6.07, 6.45) is -5.11. The molecule has 5 atom stereocenters. The Morgan fingerprint density at radius 3 is 2.50 bits per heavy atom. The van der Waals surface area contributed by atoms with Crippen LogP contribution in [-0.4, -0.2) is 97.1 Å². The number of carboxylic acid groups (broad SMARTS) is 2. The van der Waals surface area contributed by atoms with Gasteiger partial charge < -0.3 is 30.5 Å². The zero-order chi connectivity index (χ0) is 30.2. The van der Waals surface area contributed by atoms with Gasteiger partial charge in [-0.2, -0.15) is 9.97 Å². The van der Waals surface area contributed by atoms with E-state index in [4.69, 9.17) is 26.8 Å². The molecule has 4 heterocycles. The second kappa shape index (κ2) is 9.70. The molecule has 224 valence electrons. The fraction of sp³-hybridized carbons (Fsp3) is 0.458. The van der Waals surface area contributed by atoms with E-state index in [9.17, 15) is 33.3 Å². The van der Waals surface area contributed by atoms with Gasteiger partial charge in [-0.25, -0.2) is 27.4 Å². The number of benzene rings is 1. The van der Waals surface area contributed by atoms with E-state index in [0.717, 1.165) is 10.9 Å². The van der Waals surface area contributed by atoms with Gasteiger partial charge in [0.25, 0.3) is 5.60 Å². The molecule has 1 aliphatic carbocycles. The number of aliphatic carboxylic acids is 2. The molecular weight excluding hydrogens is 603 g/mol. The lowest BCUT2D eigenvalue weighted by Crippen LogP contribution is -2.53. The number of hydrogen-bond donors (Lipinski definition) is 4. The lowest BCUT2D eigenvalue weighted by atomic mass is 9.94. The Kier molecular flexibility index (Phi) is 6.58. The number of ether oxygens (including phenoxy) is 2. The van der Waals surface area contributed by atoms with Gasteiger partial charge in [0.15, 0.2) is 29.5 Å². The van der Waals surface area contributed by atoms with Crippen molar-refractivity contribution in [2.45, 2.75) is 55.1 Å². The molecule has 3 aromatic rings. The molecule has 0 radical (unpaired) electrons. The predicted molar refractivity (Wildman–Crippen MR) is 142 cm³/mol. The zero-order valence-corrected chi connectivity index (χ0v) is 23.1. The van der Waals surface area contributed by atoms with Crippen molar-refractivity contribution in [3.8, 4) is 0 Å². The molecule has 1 unspecified atom stereocenters. The molecule has 0 bridgehead atoms. The summed E-state index contributed by atoms with van der Waals surface area (Å²) in [4.78, 5) is 36.4. The van der Waals surface area contributed by atoms with Crippen LogP contribution in [0.25, 0.3) is 11.2 Å². The summed E-state index contributed by atoms with van der Waals surface area (Å²) in [6, 6.07) is 5.66. The van der Waals surface area contributed by atoms with Gasteiger partial charge in [-0.05, 0) is 42.1 Å². The van der Waals surface area contributed by atoms with E-state index in [1.54, 1.807) is 0 Å². The van der Waals surface area contributed by atoms with Crippen molar-refractivity contribution in [1.29, 1.82) is 0 Å². The highest BCUT2D eigenvalue weighted by molar-refractivity contribution is 7.92. The summed E-state index contributed by atoms with van der Waals surface area (Å²) in [7, 11) is -3.50. The van der Waals surface area contributed by atoms with E-state index in [-0.39, 0.29) is 40.1 Å². The standard InChI is InChI=1S/C24H24ClFN6O9S/c25-22-29-17(27)13-18(30-22)31(10-28-13)19-14(26)24(37)15(40-19)16(24)41-23(20(33)34,21(35)36)9-11-3-5-12(6-4-11)32-7-1-2-8-42(32,38)39/h3-6,10,14-16,19,37H,1-2,7-9H2,(H,33,34)(H,35,36)(H2,27,29,30)/t14-,15-,16?,19-,24+/m1/s1. The maximum absolute atomic E-state index is 15.7.